The third-order valence-corrected chi connectivity index (χ3v) is 3.75. The third kappa shape index (κ3) is 4.30. The fraction of sp³-hybridized carbons (Fsp3) is 0.111. The normalized spacial score (nSPS) is 10.3. The van der Waals surface area contributed by atoms with Gasteiger partial charge >= 0.3 is 0 Å². The van der Waals surface area contributed by atoms with E-state index in [2.05, 4.69) is 15.3 Å². The van der Waals surface area contributed by atoms with Gasteiger partial charge in [0.05, 0.1) is 7.11 Å². The zero-order valence-corrected chi connectivity index (χ0v) is 14.3. The number of ether oxygens (including phenoxy) is 2. The van der Waals surface area contributed by atoms with Crippen molar-refractivity contribution in [1.29, 1.82) is 0 Å². The van der Waals surface area contributed by atoms with Gasteiger partial charge in [-0.15, -0.1) is 0 Å². The average molecular weight is 357 g/mol. The van der Waals surface area contributed by atoms with Crippen LogP contribution in [-0.2, 0) is 6.54 Å². The fourth-order valence-corrected chi connectivity index (χ4v) is 2.27. The summed E-state index contributed by atoms with van der Waals surface area (Å²) in [6.07, 6.45) is 1.40. The minimum Gasteiger partial charge on any atom is -0.497 e. The number of nitrogen functional groups attached to an aromatic ring is 1. The molecule has 0 atom stereocenters. The molecule has 0 saturated heterocycles. The van der Waals surface area contributed by atoms with Crippen molar-refractivity contribution in [1.82, 2.24) is 9.97 Å². The molecule has 0 amide bonds. The minimum atomic E-state index is 0.291. The summed E-state index contributed by atoms with van der Waals surface area (Å²) >= 11 is 5.89. The second kappa shape index (κ2) is 7.72. The molecule has 1 heterocycles. The van der Waals surface area contributed by atoms with E-state index in [1.807, 2.05) is 24.3 Å². The molecular weight excluding hydrogens is 340 g/mol. The lowest BCUT2D eigenvalue weighted by Crippen LogP contribution is -2.06. The highest BCUT2D eigenvalue weighted by Gasteiger charge is 2.10. The Hall–Kier alpha value is -2.99. The van der Waals surface area contributed by atoms with Crippen molar-refractivity contribution in [2.24, 2.45) is 0 Å². The van der Waals surface area contributed by atoms with Gasteiger partial charge in [-0.3, -0.25) is 0 Å². The highest BCUT2D eigenvalue weighted by molar-refractivity contribution is 6.30. The highest BCUT2D eigenvalue weighted by atomic mass is 35.5. The number of anilines is 2. The molecule has 0 fully saturated rings. The number of aromatic nitrogens is 2. The molecule has 7 heteroatoms. The number of halogens is 1. The van der Waals surface area contributed by atoms with Crippen LogP contribution in [0.4, 0.5) is 11.5 Å². The summed E-state index contributed by atoms with van der Waals surface area (Å²) in [6.45, 7) is 0.556. The lowest BCUT2D eigenvalue weighted by Gasteiger charge is -2.12. The molecule has 25 heavy (non-hydrogen) atoms. The molecule has 0 aliphatic rings. The predicted octanol–water partition coefficient (Wildman–Crippen LogP) is 4.13. The molecule has 0 unspecified atom stereocenters. The van der Waals surface area contributed by atoms with Crippen LogP contribution in [0, 0.1) is 0 Å². The molecular formula is C18H17ClN4O2. The standard InChI is InChI=1S/C18H17ClN4O2/c1-24-14-6-8-15(9-7-14)25-18-16(20)17(22-11-23-18)21-10-12-2-4-13(19)5-3-12/h2-9,11H,10,20H2,1H3,(H,21,22,23). The van der Waals surface area contributed by atoms with Crippen molar-refractivity contribution >= 4 is 23.1 Å². The van der Waals surface area contributed by atoms with E-state index < -0.39 is 0 Å². The SMILES string of the molecule is COc1ccc(Oc2ncnc(NCc3ccc(Cl)cc3)c2N)cc1. The van der Waals surface area contributed by atoms with Crippen molar-refractivity contribution in [2.45, 2.75) is 6.54 Å². The summed E-state index contributed by atoms with van der Waals surface area (Å²) in [5, 5.41) is 3.87. The first kappa shape index (κ1) is 16.9. The maximum absolute atomic E-state index is 6.12. The zero-order chi connectivity index (χ0) is 17.6. The Balaban J connectivity index is 1.71. The summed E-state index contributed by atoms with van der Waals surface area (Å²) in [6, 6.07) is 14.7. The van der Waals surface area contributed by atoms with Gasteiger partial charge in [0, 0.05) is 11.6 Å². The van der Waals surface area contributed by atoms with Crippen LogP contribution in [0.5, 0.6) is 17.4 Å². The monoisotopic (exact) mass is 356 g/mol. The van der Waals surface area contributed by atoms with Crippen molar-refractivity contribution in [3.8, 4) is 17.4 Å². The van der Waals surface area contributed by atoms with Crippen LogP contribution in [0.25, 0.3) is 0 Å². The summed E-state index contributed by atoms with van der Waals surface area (Å²) in [5.74, 6) is 2.15. The fourth-order valence-electron chi connectivity index (χ4n) is 2.15. The van der Waals surface area contributed by atoms with Crippen LogP contribution in [0.1, 0.15) is 5.56 Å². The quantitative estimate of drug-likeness (QED) is 0.691. The van der Waals surface area contributed by atoms with E-state index in [-0.39, 0.29) is 0 Å². The molecule has 3 aromatic rings. The Bertz CT molecular complexity index is 839. The number of benzene rings is 2. The predicted molar refractivity (Wildman–Crippen MR) is 98.3 cm³/mol. The first-order chi connectivity index (χ1) is 12.2. The lowest BCUT2D eigenvalue weighted by atomic mass is 10.2. The van der Waals surface area contributed by atoms with Crippen molar-refractivity contribution < 1.29 is 9.47 Å². The molecule has 3 N–H and O–H groups in total. The largest absolute Gasteiger partial charge is 0.497 e. The summed E-state index contributed by atoms with van der Waals surface area (Å²) in [7, 11) is 1.61. The van der Waals surface area contributed by atoms with Crippen LogP contribution in [-0.4, -0.2) is 17.1 Å². The number of nitrogens with two attached hydrogens (primary N) is 1. The van der Waals surface area contributed by atoms with Gasteiger partial charge in [-0.2, -0.15) is 4.98 Å². The molecule has 0 bridgehead atoms. The van der Waals surface area contributed by atoms with Crippen molar-refractivity contribution in [3.63, 3.8) is 0 Å². The molecule has 3 rings (SSSR count). The van der Waals surface area contributed by atoms with E-state index in [1.54, 1.807) is 31.4 Å². The molecule has 6 nitrogen and oxygen atoms in total. The van der Waals surface area contributed by atoms with E-state index in [0.717, 1.165) is 11.3 Å². The summed E-state index contributed by atoms with van der Waals surface area (Å²) < 4.78 is 10.8. The Kier molecular flexibility index (Phi) is 5.20. The first-order valence-corrected chi connectivity index (χ1v) is 7.94. The van der Waals surface area contributed by atoms with Crippen molar-refractivity contribution in [3.05, 3.63) is 65.4 Å². The number of methoxy groups -OCH3 is 1. The summed E-state index contributed by atoms with van der Waals surface area (Å²) in [4.78, 5) is 8.26. The zero-order valence-electron chi connectivity index (χ0n) is 13.6. The maximum atomic E-state index is 6.12. The molecule has 0 radical (unpaired) electrons. The van der Waals surface area contributed by atoms with Gasteiger partial charge in [0.2, 0.25) is 5.88 Å². The van der Waals surface area contributed by atoms with Crippen LogP contribution in [0.2, 0.25) is 5.02 Å². The van der Waals surface area contributed by atoms with Crippen molar-refractivity contribution in [2.75, 3.05) is 18.2 Å². The third-order valence-electron chi connectivity index (χ3n) is 3.49. The van der Waals surface area contributed by atoms with E-state index in [0.29, 0.717) is 34.7 Å². The van der Waals surface area contributed by atoms with Crippen LogP contribution in [0.3, 0.4) is 0 Å². The molecule has 0 saturated carbocycles. The second-order valence-electron chi connectivity index (χ2n) is 5.20. The Morgan fingerprint density at radius 3 is 2.36 bits per heavy atom. The first-order valence-electron chi connectivity index (χ1n) is 7.56. The molecule has 128 valence electrons. The van der Waals surface area contributed by atoms with Gasteiger partial charge in [0.15, 0.2) is 5.82 Å². The lowest BCUT2D eigenvalue weighted by molar-refractivity contribution is 0.412. The molecule has 2 aromatic carbocycles. The summed E-state index contributed by atoms with van der Waals surface area (Å²) in [5.41, 5.74) is 7.51. The van der Waals surface area contributed by atoms with Crippen LogP contribution < -0.4 is 20.5 Å². The minimum absolute atomic E-state index is 0.291. The van der Waals surface area contributed by atoms with Gasteiger partial charge < -0.3 is 20.5 Å². The Morgan fingerprint density at radius 2 is 1.68 bits per heavy atom. The van der Waals surface area contributed by atoms with E-state index in [9.17, 15) is 0 Å². The van der Waals surface area contributed by atoms with Gasteiger partial charge in [-0.25, -0.2) is 4.98 Å². The van der Waals surface area contributed by atoms with Gasteiger partial charge in [0.25, 0.3) is 0 Å². The second-order valence-corrected chi connectivity index (χ2v) is 5.64. The van der Waals surface area contributed by atoms with E-state index in [4.69, 9.17) is 26.8 Å². The van der Waals surface area contributed by atoms with Gasteiger partial charge in [-0.1, -0.05) is 23.7 Å². The number of rotatable bonds is 6. The molecule has 0 aliphatic carbocycles. The molecule has 0 spiro atoms. The smallest absolute Gasteiger partial charge is 0.248 e. The Labute approximate surface area is 150 Å². The number of hydrogen-bond acceptors (Lipinski definition) is 6. The van der Waals surface area contributed by atoms with Gasteiger partial charge in [-0.05, 0) is 42.0 Å². The highest BCUT2D eigenvalue weighted by Crippen LogP contribution is 2.30. The average Bonchev–Trinajstić information content (AvgIpc) is 2.64. The number of nitrogens with one attached hydrogen (secondary N) is 1. The van der Waals surface area contributed by atoms with Gasteiger partial charge in [0.1, 0.15) is 23.5 Å². The molecule has 0 aliphatic heterocycles. The maximum Gasteiger partial charge on any atom is 0.248 e. The topological polar surface area (TPSA) is 82.3 Å². The Morgan fingerprint density at radius 1 is 1.00 bits per heavy atom. The number of nitrogens with zero attached hydrogens (tertiary/aromatic N) is 2. The number of hydrogen-bond donors (Lipinski definition) is 2. The van der Waals surface area contributed by atoms with E-state index >= 15 is 0 Å². The van der Waals surface area contributed by atoms with E-state index in [1.165, 1.54) is 6.33 Å². The van der Waals surface area contributed by atoms with Crippen LogP contribution >= 0.6 is 11.6 Å². The van der Waals surface area contributed by atoms with Crippen LogP contribution in [0.15, 0.2) is 54.9 Å². The molecule has 1 aromatic heterocycles.